The van der Waals surface area contributed by atoms with Crippen LogP contribution in [0, 0.1) is 0 Å². The second kappa shape index (κ2) is 10.8. The van der Waals surface area contributed by atoms with Gasteiger partial charge in [0.25, 0.3) is 0 Å². The summed E-state index contributed by atoms with van der Waals surface area (Å²) in [5.74, 6) is 1.21. The molecular weight excluding hydrogens is 426 g/mol. The molecule has 170 valence electrons. The summed E-state index contributed by atoms with van der Waals surface area (Å²) in [7, 11) is 1.66. The van der Waals surface area contributed by atoms with Gasteiger partial charge in [-0.05, 0) is 43.0 Å². The Morgan fingerprint density at radius 3 is 2.62 bits per heavy atom. The first-order valence-electron chi connectivity index (χ1n) is 10.8. The first-order valence-corrected chi connectivity index (χ1v) is 11.9. The molecule has 1 aromatic heterocycles. The van der Waals surface area contributed by atoms with Crippen molar-refractivity contribution in [3.63, 3.8) is 0 Å². The number of nitrogens with one attached hydrogen (secondary N) is 1. The second-order valence-electron chi connectivity index (χ2n) is 8.05. The van der Waals surface area contributed by atoms with Gasteiger partial charge >= 0.3 is 0 Å². The van der Waals surface area contributed by atoms with E-state index >= 15 is 0 Å². The maximum Gasteiger partial charge on any atom is 0.232 e. The third-order valence-corrected chi connectivity index (χ3v) is 6.30. The molecule has 8 nitrogen and oxygen atoms in total. The smallest absolute Gasteiger partial charge is 0.232 e. The van der Waals surface area contributed by atoms with Gasteiger partial charge in [0.15, 0.2) is 0 Å². The van der Waals surface area contributed by atoms with Crippen LogP contribution in [0.25, 0.3) is 0 Å². The van der Waals surface area contributed by atoms with Gasteiger partial charge in [0.1, 0.15) is 5.75 Å². The zero-order valence-corrected chi connectivity index (χ0v) is 19.0. The second-order valence-corrected chi connectivity index (χ2v) is 8.84. The van der Waals surface area contributed by atoms with Crippen molar-refractivity contribution in [2.45, 2.75) is 38.4 Å². The Kier molecular flexibility index (Phi) is 7.64. The maximum absolute atomic E-state index is 11.0. The SMILES string of the molecule is COc1c(CNS(=O)O)cccc1C1CCN(Cc2cn(Cc3ccccc3)nn2)CC1. The van der Waals surface area contributed by atoms with Gasteiger partial charge in [-0.15, -0.1) is 5.10 Å². The fourth-order valence-corrected chi connectivity index (χ4v) is 4.62. The number of likely N-dealkylation sites (tertiary alicyclic amines) is 1. The van der Waals surface area contributed by atoms with Crippen LogP contribution in [0.3, 0.4) is 0 Å². The van der Waals surface area contributed by atoms with Crippen LogP contribution in [-0.4, -0.2) is 48.9 Å². The van der Waals surface area contributed by atoms with Gasteiger partial charge in [0.2, 0.25) is 11.3 Å². The van der Waals surface area contributed by atoms with Crippen molar-refractivity contribution in [1.29, 1.82) is 0 Å². The molecule has 4 rings (SSSR count). The number of benzene rings is 2. The fraction of sp³-hybridized carbons (Fsp3) is 0.391. The van der Waals surface area contributed by atoms with Crippen molar-refractivity contribution in [3.8, 4) is 5.75 Å². The maximum atomic E-state index is 11.0. The van der Waals surface area contributed by atoms with Crippen molar-refractivity contribution in [1.82, 2.24) is 24.6 Å². The molecule has 0 amide bonds. The van der Waals surface area contributed by atoms with Crippen molar-refractivity contribution in [2.24, 2.45) is 0 Å². The predicted molar refractivity (Wildman–Crippen MR) is 123 cm³/mol. The highest BCUT2D eigenvalue weighted by molar-refractivity contribution is 7.77. The van der Waals surface area contributed by atoms with E-state index in [0.29, 0.717) is 5.92 Å². The largest absolute Gasteiger partial charge is 0.496 e. The third-order valence-electron chi connectivity index (χ3n) is 5.90. The average molecular weight is 456 g/mol. The summed E-state index contributed by atoms with van der Waals surface area (Å²) < 4.78 is 30.1. The van der Waals surface area contributed by atoms with E-state index in [1.54, 1.807) is 7.11 Å². The van der Waals surface area contributed by atoms with Crippen LogP contribution in [-0.2, 0) is 30.9 Å². The van der Waals surface area contributed by atoms with Gasteiger partial charge in [0, 0.05) is 18.7 Å². The Morgan fingerprint density at radius 2 is 1.91 bits per heavy atom. The quantitative estimate of drug-likeness (QED) is 0.482. The van der Waals surface area contributed by atoms with E-state index in [1.165, 1.54) is 11.1 Å². The van der Waals surface area contributed by atoms with Gasteiger partial charge in [-0.1, -0.05) is 53.7 Å². The molecule has 0 saturated carbocycles. The van der Waals surface area contributed by atoms with Crippen molar-refractivity contribution in [3.05, 3.63) is 77.1 Å². The molecule has 0 radical (unpaired) electrons. The molecule has 1 fully saturated rings. The van der Waals surface area contributed by atoms with E-state index in [9.17, 15) is 4.21 Å². The summed E-state index contributed by atoms with van der Waals surface area (Å²) in [6, 6.07) is 16.3. The lowest BCUT2D eigenvalue weighted by atomic mass is 9.87. The number of aromatic nitrogens is 3. The van der Waals surface area contributed by atoms with Crippen molar-refractivity contribution in [2.75, 3.05) is 20.2 Å². The summed E-state index contributed by atoms with van der Waals surface area (Å²) in [4.78, 5) is 2.42. The highest BCUT2D eigenvalue weighted by Gasteiger charge is 2.24. The minimum Gasteiger partial charge on any atom is -0.496 e. The molecule has 0 spiro atoms. The van der Waals surface area contributed by atoms with Crippen LogP contribution < -0.4 is 9.46 Å². The first-order chi connectivity index (χ1) is 15.6. The number of piperidine rings is 1. The number of rotatable bonds is 9. The van der Waals surface area contributed by atoms with Gasteiger partial charge in [-0.2, -0.15) is 0 Å². The van der Waals surface area contributed by atoms with Crippen LogP contribution in [0.4, 0.5) is 0 Å². The predicted octanol–water partition coefficient (Wildman–Crippen LogP) is 2.94. The van der Waals surface area contributed by atoms with Gasteiger partial charge in [-0.25, -0.2) is 13.6 Å². The van der Waals surface area contributed by atoms with E-state index in [2.05, 4.69) is 38.1 Å². The number of methoxy groups -OCH3 is 1. The average Bonchev–Trinajstić information content (AvgIpc) is 3.25. The molecule has 1 aliphatic rings. The monoisotopic (exact) mass is 455 g/mol. The van der Waals surface area contributed by atoms with E-state index < -0.39 is 11.3 Å². The van der Waals surface area contributed by atoms with E-state index in [1.807, 2.05) is 41.2 Å². The molecule has 0 aliphatic carbocycles. The summed E-state index contributed by atoms with van der Waals surface area (Å²) in [6.07, 6.45) is 4.08. The minimum atomic E-state index is -2.05. The molecule has 2 aromatic carbocycles. The number of para-hydroxylation sites is 1. The molecule has 2 heterocycles. The number of hydrogen-bond donors (Lipinski definition) is 2. The van der Waals surface area contributed by atoms with Crippen LogP contribution in [0.1, 0.15) is 41.1 Å². The molecule has 1 unspecified atom stereocenters. The molecule has 1 aliphatic heterocycles. The molecule has 2 N–H and O–H groups in total. The Balaban J connectivity index is 1.34. The zero-order valence-electron chi connectivity index (χ0n) is 18.2. The third kappa shape index (κ3) is 5.80. The minimum absolute atomic E-state index is 0.289. The van der Waals surface area contributed by atoms with Crippen LogP contribution in [0.5, 0.6) is 5.75 Å². The molecule has 1 saturated heterocycles. The fourth-order valence-electron chi connectivity index (χ4n) is 4.34. The zero-order chi connectivity index (χ0) is 22.3. The standard InChI is InChI=1S/C23H29N5O3S/c1-31-23-20(14-24-32(29)30)8-5-9-22(23)19-10-12-27(13-11-19)16-21-17-28(26-25-21)15-18-6-3-2-4-7-18/h2-9,17,19,24H,10-16H2,1H3,(H,29,30). The summed E-state index contributed by atoms with van der Waals surface area (Å²) in [5.41, 5.74) is 4.26. The molecule has 32 heavy (non-hydrogen) atoms. The highest BCUT2D eigenvalue weighted by Crippen LogP contribution is 2.36. The molecule has 1 atom stereocenters. The molecule has 9 heteroatoms. The van der Waals surface area contributed by atoms with E-state index in [0.717, 1.165) is 56.0 Å². The van der Waals surface area contributed by atoms with Gasteiger partial charge in [0.05, 0.1) is 25.5 Å². The molecular formula is C23H29N5O3S. The lowest BCUT2D eigenvalue weighted by molar-refractivity contribution is 0.201. The molecule has 3 aromatic rings. The number of nitrogens with zero attached hydrogens (tertiary/aromatic N) is 4. The Bertz CT molecular complexity index is 1040. The summed E-state index contributed by atoms with van der Waals surface area (Å²) >= 11 is -2.05. The summed E-state index contributed by atoms with van der Waals surface area (Å²) in [5, 5.41) is 8.64. The van der Waals surface area contributed by atoms with Gasteiger partial charge in [-0.3, -0.25) is 9.45 Å². The first kappa shape index (κ1) is 22.6. The van der Waals surface area contributed by atoms with Crippen LogP contribution in [0.15, 0.2) is 54.7 Å². The van der Waals surface area contributed by atoms with E-state index in [4.69, 9.17) is 9.29 Å². The normalized spacial score (nSPS) is 16.2. The lowest BCUT2D eigenvalue weighted by Crippen LogP contribution is -2.32. The Hall–Kier alpha value is -2.59. The highest BCUT2D eigenvalue weighted by atomic mass is 32.2. The van der Waals surface area contributed by atoms with Crippen molar-refractivity contribution >= 4 is 11.3 Å². The van der Waals surface area contributed by atoms with Crippen molar-refractivity contribution < 1.29 is 13.5 Å². The Labute approximate surface area is 191 Å². The van der Waals surface area contributed by atoms with Gasteiger partial charge < -0.3 is 4.74 Å². The topological polar surface area (TPSA) is 92.5 Å². The van der Waals surface area contributed by atoms with Crippen LogP contribution in [0.2, 0.25) is 0 Å². The molecule has 0 bridgehead atoms. The number of hydrogen-bond acceptors (Lipinski definition) is 5. The van der Waals surface area contributed by atoms with Crippen LogP contribution >= 0.6 is 0 Å². The Morgan fingerprint density at radius 1 is 1.12 bits per heavy atom. The van der Waals surface area contributed by atoms with E-state index in [-0.39, 0.29) is 6.54 Å². The number of ether oxygens (including phenoxy) is 1. The summed E-state index contributed by atoms with van der Waals surface area (Å²) in [6.45, 7) is 3.76. The lowest BCUT2D eigenvalue weighted by Gasteiger charge is -2.32.